The molecular weight excluding hydrogens is 148 g/mol. The van der Waals surface area contributed by atoms with Gasteiger partial charge in [0.2, 0.25) is 6.29 Å². The van der Waals surface area contributed by atoms with Crippen molar-refractivity contribution in [2.75, 3.05) is 0 Å². The SMILES string of the molecule is OOC(OO)C1CCCCC1. The van der Waals surface area contributed by atoms with Gasteiger partial charge in [0.05, 0.1) is 0 Å². The van der Waals surface area contributed by atoms with Crippen molar-refractivity contribution in [1.29, 1.82) is 0 Å². The van der Waals surface area contributed by atoms with E-state index in [0.717, 1.165) is 25.7 Å². The zero-order chi connectivity index (χ0) is 8.10. The van der Waals surface area contributed by atoms with Crippen molar-refractivity contribution in [3.63, 3.8) is 0 Å². The molecule has 66 valence electrons. The smallest absolute Gasteiger partial charge is 0.226 e. The molecule has 0 aromatic carbocycles. The summed E-state index contributed by atoms with van der Waals surface area (Å²) < 4.78 is 0. The Morgan fingerprint density at radius 2 is 1.55 bits per heavy atom. The molecule has 0 bridgehead atoms. The van der Waals surface area contributed by atoms with Crippen molar-refractivity contribution >= 4 is 0 Å². The van der Waals surface area contributed by atoms with Gasteiger partial charge in [-0.25, -0.2) is 20.3 Å². The molecule has 4 nitrogen and oxygen atoms in total. The Hall–Kier alpha value is -0.160. The number of hydrogen-bond acceptors (Lipinski definition) is 4. The lowest BCUT2D eigenvalue weighted by Crippen LogP contribution is -2.26. The van der Waals surface area contributed by atoms with Crippen LogP contribution >= 0.6 is 0 Å². The summed E-state index contributed by atoms with van der Waals surface area (Å²) in [6, 6.07) is 0. The van der Waals surface area contributed by atoms with Gasteiger partial charge in [0.1, 0.15) is 0 Å². The van der Waals surface area contributed by atoms with E-state index < -0.39 is 6.29 Å². The van der Waals surface area contributed by atoms with Gasteiger partial charge in [0.15, 0.2) is 0 Å². The van der Waals surface area contributed by atoms with Crippen molar-refractivity contribution in [2.24, 2.45) is 5.92 Å². The standard InChI is InChI=1S/C7H14O4/c8-10-7(11-9)6-4-2-1-3-5-6/h6-9H,1-5H2. The molecule has 0 amide bonds. The Morgan fingerprint density at radius 1 is 1.00 bits per heavy atom. The fraction of sp³-hybridized carbons (Fsp3) is 1.00. The van der Waals surface area contributed by atoms with E-state index in [0.29, 0.717) is 0 Å². The maximum Gasteiger partial charge on any atom is 0.226 e. The predicted octanol–water partition coefficient (Wildman–Crippen LogP) is 1.87. The Morgan fingerprint density at radius 3 is 2.00 bits per heavy atom. The average Bonchev–Trinajstić information content (AvgIpc) is 2.09. The van der Waals surface area contributed by atoms with Crippen LogP contribution in [0.5, 0.6) is 0 Å². The first kappa shape index (κ1) is 8.93. The summed E-state index contributed by atoms with van der Waals surface area (Å²) in [5.41, 5.74) is 0. The largest absolute Gasteiger partial charge is 0.249 e. The molecule has 0 aromatic heterocycles. The van der Waals surface area contributed by atoms with Crippen LogP contribution in [0.15, 0.2) is 0 Å². The average molecular weight is 162 g/mol. The third-order valence-electron chi connectivity index (χ3n) is 2.24. The summed E-state index contributed by atoms with van der Waals surface area (Å²) in [7, 11) is 0. The van der Waals surface area contributed by atoms with E-state index in [1.54, 1.807) is 0 Å². The molecule has 0 atom stereocenters. The van der Waals surface area contributed by atoms with E-state index in [2.05, 4.69) is 9.78 Å². The lowest BCUT2D eigenvalue weighted by Gasteiger charge is -2.24. The molecule has 0 unspecified atom stereocenters. The van der Waals surface area contributed by atoms with Crippen molar-refractivity contribution in [3.05, 3.63) is 0 Å². The summed E-state index contributed by atoms with van der Waals surface area (Å²) in [5.74, 6) is 0.138. The third kappa shape index (κ3) is 2.41. The summed E-state index contributed by atoms with van der Waals surface area (Å²) in [6.07, 6.45) is 4.51. The minimum atomic E-state index is -0.852. The Bertz CT molecular complexity index is 96.6. The maximum atomic E-state index is 8.29. The topological polar surface area (TPSA) is 58.9 Å². The van der Waals surface area contributed by atoms with Crippen LogP contribution in [-0.2, 0) is 9.78 Å². The van der Waals surface area contributed by atoms with Gasteiger partial charge in [-0.2, -0.15) is 0 Å². The van der Waals surface area contributed by atoms with Crippen LogP contribution < -0.4 is 0 Å². The van der Waals surface area contributed by atoms with E-state index in [9.17, 15) is 0 Å². The van der Waals surface area contributed by atoms with Crippen molar-refractivity contribution in [1.82, 2.24) is 0 Å². The molecule has 1 saturated carbocycles. The summed E-state index contributed by atoms with van der Waals surface area (Å²) in [6.45, 7) is 0. The lowest BCUT2D eigenvalue weighted by molar-refractivity contribution is -0.444. The number of hydrogen-bond donors (Lipinski definition) is 2. The predicted molar refractivity (Wildman–Crippen MR) is 37.8 cm³/mol. The van der Waals surface area contributed by atoms with Crippen LogP contribution in [0.25, 0.3) is 0 Å². The summed E-state index contributed by atoms with van der Waals surface area (Å²) in [5, 5.41) is 16.6. The molecule has 1 aliphatic carbocycles. The highest BCUT2D eigenvalue weighted by molar-refractivity contribution is 4.67. The highest BCUT2D eigenvalue weighted by Gasteiger charge is 2.25. The minimum Gasteiger partial charge on any atom is -0.249 e. The first-order valence-electron chi connectivity index (χ1n) is 3.99. The van der Waals surface area contributed by atoms with E-state index in [-0.39, 0.29) is 5.92 Å². The molecule has 11 heavy (non-hydrogen) atoms. The van der Waals surface area contributed by atoms with Crippen LogP contribution in [-0.4, -0.2) is 16.8 Å². The van der Waals surface area contributed by atoms with Crippen LogP contribution in [0.2, 0.25) is 0 Å². The normalized spacial score (nSPS) is 21.0. The highest BCUT2D eigenvalue weighted by Crippen LogP contribution is 2.27. The van der Waals surface area contributed by atoms with Gasteiger partial charge in [-0.3, -0.25) is 0 Å². The molecule has 0 saturated heterocycles. The quantitative estimate of drug-likeness (QED) is 0.378. The van der Waals surface area contributed by atoms with Gasteiger partial charge in [-0.1, -0.05) is 19.3 Å². The molecular formula is C7H14O4. The first-order chi connectivity index (χ1) is 5.38. The van der Waals surface area contributed by atoms with Gasteiger partial charge in [0.25, 0.3) is 0 Å². The molecule has 1 fully saturated rings. The van der Waals surface area contributed by atoms with Gasteiger partial charge in [-0.05, 0) is 12.8 Å². The van der Waals surface area contributed by atoms with Gasteiger partial charge in [0, 0.05) is 5.92 Å². The first-order valence-corrected chi connectivity index (χ1v) is 3.99. The van der Waals surface area contributed by atoms with E-state index >= 15 is 0 Å². The Kier molecular flexibility index (Phi) is 3.79. The minimum absolute atomic E-state index is 0.138. The molecule has 0 heterocycles. The van der Waals surface area contributed by atoms with Gasteiger partial charge >= 0.3 is 0 Å². The zero-order valence-electron chi connectivity index (χ0n) is 6.40. The van der Waals surface area contributed by atoms with E-state index in [1.165, 1.54) is 6.42 Å². The van der Waals surface area contributed by atoms with Crippen LogP contribution in [0.3, 0.4) is 0 Å². The lowest BCUT2D eigenvalue weighted by atomic mass is 9.89. The summed E-state index contributed by atoms with van der Waals surface area (Å²) in [4.78, 5) is 7.93. The molecule has 4 heteroatoms. The maximum absolute atomic E-state index is 8.29. The van der Waals surface area contributed by atoms with Crippen LogP contribution in [0.1, 0.15) is 32.1 Å². The summed E-state index contributed by atoms with van der Waals surface area (Å²) >= 11 is 0. The van der Waals surface area contributed by atoms with E-state index in [1.807, 2.05) is 0 Å². The molecule has 0 aliphatic heterocycles. The fourth-order valence-electron chi connectivity index (χ4n) is 1.60. The number of rotatable bonds is 3. The van der Waals surface area contributed by atoms with Crippen molar-refractivity contribution in [3.8, 4) is 0 Å². The van der Waals surface area contributed by atoms with E-state index in [4.69, 9.17) is 10.5 Å². The fourth-order valence-corrected chi connectivity index (χ4v) is 1.60. The van der Waals surface area contributed by atoms with Crippen LogP contribution in [0, 0.1) is 5.92 Å². The highest BCUT2D eigenvalue weighted by atomic mass is 17.2. The second-order valence-corrected chi connectivity index (χ2v) is 2.98. The second kappa shape index (κ2) is 4.66. The molecule has 1 rings (SSSR count). The zero-order valence-corrected chi connectivity index (χ0v) is 6.40. The molecule has 0 spiro atoms. The molecule has 2 N–H and O–H groups in total. The second-order valence-electron chi connectivity index (χ2n) is 2.98. The molecule has 0 aromatic rings. The molecule has 0 radical (unpaired) electrons. The van der Waals surface area contributed by atoms with Gasteiger partial charge in [-0.15, -0.1) is 0 Å². The molecule has 1 aliphatic rings. The Balaban J connectivity index is 2.30. The van der Waals surface area contributed by atoms with Gasteiger partial charge < -0.3 is 0 Å². The Labute approximate surface area is 65.6 Å². The van der Waals surface area contributed by atoms with Crippen molar-refractivity contribution < 1.29 is 20.3 Å². The third-order valence-corrected chi connectivity index (χ3v) is 2.24. The van der Waals surface area contributed by atoms with Crippen molar-refractivity contribution in [2.45, 2.75) is 38.4 Å². The van der Waals surface area contributed by atoms with Crippen LogP contribution in [0.4, 0.5) is 0 Å². The monoisotopic (exact) mass is 162 g/mol.